The zero-order valence-corrected chi connectivity index (χ0v) is 12.5. The Morgan fingerprint density at radius 3 is 2.80 bits per heavy atom. The van der Waals surface area contributed by atoms with Crippen molar-refractivity contribution in [2.75, 3.05) is 6.54 Å². The van der Waals surface area contributed by atoms with Crippen LogP contribution in [0.5, 0.6) is 0 Å². The Labute approximate surface area is 126 Å². The van der Waals surface area contributed by atoms with Crippen LogP contribution in [-0.4, -0.2) is 27.3 Å². The van der Waals surface area contributed by atoms with Gasteiger partial charge in [-0.3, -0.25) is 9.78 Å². The van der Waals surface area contributed by atoms with Crippen molar-refractivity contribution in [3.63, 3.8) is 0 Å². The van der Waals surface area contributed by atoms with Crippen LogP contribution in [0.2, 0.25) is 0 Å². The van der Waals surface area contributed by atoms with Crippen molar-refractivity contribution in [3.05, 3.63) is 58.6 Å². The van der Waals surface area contributed by atoms with Crippen LogP contribution in [0, 0.1) is 0 Å². The molecule has 4 nitrogen and oxygen atoms in total. The normalized spacial score (nSPS) is 18.2. The summed E-state index contributed by atoms with van der Waals surface area (Å²) in [6, 6.07) is 7.65. The minimum absolute atomic E-state index is 0.0624. The Morgan fingerprint density at radius 1 is 1.25 bits per heavy atom. The summed E-state index contributed by atoms with van der Waals surface area (Å²) in [6.45, 7) is 0.797. The van der Waals surface area contributed by atoms with E-state index in [1.54, 1.807) is 30.7 Å². The molecular formula is C15H14BrN3O. The van der Waals surface area contributed by atoms with Crippen LogP contribution in [0.1, 0.15) is 34.8 Å². The van der Waals surface area contributed by atoms with E-state index in [2.05, 4.69) is 25.9 Å². The number of hydrogen-bond donors (Lipinski definition) is 0. The third-order valence-corrected chi connectivity index (χ3v) is 4.01. The molecule has 0 radical (unpaired) electrons. The molecule has 2 aromatic rings. The van der Waals surface area contributed by atoms with E-state index in [1.807, 2.05) is 17.0 Å². The number of carbonyl (C=O) groups is 1. The van der Waals surface area contributed by atoms with E-state index in [0.29, 0.717) is 10.2 Å². The summed E-state index contributed by atoms with van der Waals surface area (Å²) in [5.74, 6) is 0.0624. The summed E-state index contributed by atoms with van der Waals surface area (Å²) in [5, 5.41) is 0. The smallest absolute Gasteiger partial charge is 0.254 e. The van der Waals surface area contributed by atoms with Crippen LogP contribution in [0.25, 0.3) is 0 Å². The topological polar surface area (TPSA) is 46.1 Å². The Hall–Kier alpha value is -1.75. The number of carbonyl (C=O) groups excluding carboxylic acids is 1. The summed E-state index contributed by atoms with van der Waals surface area (Å²) in [7, 11) is 0. The maximum absolute atomic E-state index is 12.6. The van der Waals surface area contributed by atoms with Gasteiger partial charge < -0.3 is 4.90 Å². The molecule has 2 aromatic heterocycles. The van der Waals surface area contributed by atoms with Crippen molar-refractivity contribution in [2.24, 2.45) is 0 Å². The van der Waals surface area contributed by atoms with Gasteiger partial charge in [-0.1, -0.05) is 0 Å². The molecule has 1 saturated heterocycles. The minimum Gasteiger partial charge on any atom is -0.332 e. The summed E-state index contributed by atoms with van der Waals surface area (Å²) in [6.07, 6.45) is 7.24. The van der Waals surface area contributed by atoms with Gasteiger partial charge in [0.15, 0.2) is 0 Å². The summed E-state index contributed by atoms with van der Waals surface area (Å²) < 4.78 is 0.683. The predicted octanol–water partition coefficient (Wildman–Crippen LogP) is 3.22. The molecule has 5 heteroatoms. The van der Waals surface area contributed by atoms with E-state index in [0.717, 1.165) is 24.9 Å². The van der Waals surface area contributed by atoms with Crippen molar-refractivity contribution < 1.29 is 4.79 Å². The number of nitrogens with zero attached hydrogens (tertiary/aromatic N) is 3. The lowest BCUT2D eigenvalue weighted by Crippen LogP contribution is -2.30. The highest BCUT2D eigenvalue weighted by Crippen LogP contribution is 2.32. The first kappa shape index (κ1) is 13.2. The SMILES string of the molecule is O=C(c1ccnc(Br)c1)N1CCCC1c1ccncc1. The minimum atomic E-state index is 0.0624. The standard InChI is InChI=1S/C15H14BrN3O/c16-14-10-12(5-8-18-14)15(20)19-9-1-2-13(19)11-3-6-17-7-4-11/h3-8,10,13H,1-2,9H2. The number of aromatic nitrogens is 2. The van der Waals surface area contributed by atoms with E-state index in [-0.39, 0.29) is 11.9 Å². The van der Waals surface area contributed by atoms with Crippen molar-refractivity contribution in [1.82, 2.24) is 14.9 Å². The average Bonchev–Trinajstić information content (AvgIpc) is 2.97. The fourth-order valence-electron chi connectivity index (χ4n) is 2.64. The fraction of sp³-hybridized carbons (Fsp3) is 0.267. The first-order chi connectivity index (χ1) is 9.75. The molecule has 0 aromatic carbocycles. The summed E-state index contributed by atoms with van der Waals surface area (Å²) in [4.78, 5) is 22.7. The van der Waals surface area contributed by atoms with Crippen LogP contribution in [-0.2, 0) is 0 Å². The van der Waals surface area contributed by atoms with Crippen molar-refractivity contribution >= 4 is 21.8 Å². The lowest BCUT2D eigenvalue weighted by Gasteiger charge is -2.25. The van der Waals surface area contributed by atoms with Gasteiger partial charge in [0.2, 0.25) is 0 Å². The van der Waals surface area contributed by atoms with Gasteiger partial charge in [-0.2, -0.15) is 0 Å². The second-order valence-electron chi connectivity index (χ2n) is 4.80. The van der Waals surface area contributed by atoms with Gasteiger partial charge in [-0.05, 0) is 58.6 Å². The van der Waals surface area contributed by atoms with E-state index >= 15 is 0 Å². The number of pyridine rings is 2. The van der Waals surface area contributed by atoms with Gasteiger partial charge in [0, 0.05) is 30.7 Å². The molecule has 1 fully saturated rings. The predicted molar refractivity (Wildman–Crippen MR) is 79.2 cm³/mol. The van der Waals surface area contributed by atoms with Crippen LogP contribution < -0.4 is 0 Å². The Balaban J connectivity index is 1.87. The maximum Gasteiger partial charge on any atom is 0.254 e. The molecule has 0 N–H and O–H groups in total. The van der Waals surface area contributed by atoms with Gasteiger partial charge >= 0.3 is 0 Å². The van der Waals surface area contributed by atoms with Gasteiger partial charge in [-0.15, -0.1) is 0 Å². The highest BCUT2D eigenvalue weighted by Gasteiger charge is 2.30. The van der Waals surface area contributed by atoms with Crippen molar-refractivity contribution in [3.8, 4) is 0 Å². The zero-order valence-electron chi connectivity index (χ0n) is 10.9. The number of amides is 1. The van der Waals surface area contributed by atoms with Gasteiger partial charge in [0.05, 0.1) is 6.04 Å². The maximum atomic E-state index is 12.6. The number of hydrogen-bond acceptors (Lipinski definition) is 3. The monoisotopic (exact) mass is 331 g/mol. The van der Waals surface area contributed by atoms with Crippen LogP contribution in [0.4, 0.5) is 0 Å². The molecule has 0 bridgehead atoms. The molecule has 1 atom stereocenters. The van der Waals surface area contributed by atoms with Crippen LogP contribution in [0.15, 0.2) is 47.5 Å². The highest BCUT2D eigenvalue weighted by molar-refractivity contribution is 9.10. The van der Waals surface area contributed by atoms with Gasteiger partial charge in [0.25, 0.3) is 5.91 Å². The van der Waals surface area contributed by atoms with Crippen molar-refractivity contribution in [1.29, 1.82) is 0 Å². The molecule has 0 spiro atoms. The lowest BCUT2D eigenvalue weighted by atomic mass is 10.1. The molecule has 0 aliphatic carbocycles. The molecule has 1 amide bonds. The molecule has 1 aliphatic rings. The molecule has 1 aliphatic heterocycles. The molecule has 3 rings (SSSR count). The van der Waals surface area contributed by atoms with Crippen LogP contribution in [0.3, 0.4) is 0 Å². The van der Waals surface area contributed by atoms with E-state index in [4.69, 9.17) is 0 Å². The molecule has 102 valence electrons. The summed E-state index contributed by atoms with van der Waals surface area (Å²) in [5.41, 5.74) is 1.83. The summed E-state index contributed by atoms with van der Waals surface area (Å²) >= 11 is 3.31. The zero-order chi connectivity index (χ0) is 13.9. The van der Waals surface area contributed by atoms with Crippen LogP contribution >= 0.6 is 15.9 Å². The van der Waals surface area contributed by atoms with Crippen molar-refractivity contribution in [2.45, 2.75) is 18.9 Å². The number of likely N-dealkylation sites (tertiary alicyclic amines) is 1. The Kier molecular flexibility index (Phi) is 3.78. The lowest BCUT2D eigenvalue weighted by molar-refractivity contribution is 0.0735. The molecule has 3 heterocycles. The third kappa shape index (κ3) is 2.58. The Morgan fingerprint density at radius 2 is 2.05 bits per heavy atom. The molecule has 1 unspecified atom stereocenters. The fourth-order valence-corrected chi connectivity index (χ4v) is 3.01. The average molecular weight is 332 g/mol. The number of rotatable bonds is 2. The van der Waals surface area contributed by atoms with Gasteiger partial charge in [-0.25, -0.2) is 4.98 Å². The molecule has 0 saturated carbocycles. The first-order valence-corrected chi connectivity index (χ1v) is 7.37. The molecule has 20 heavy (non-hydrogen) atoms. The molecular weight excluding hydrogens is 318 g/mol. The highest BCUT2D eigenvalue weighted by atomic mass is 79.9. The van der Waals surface area contributed by atoms with E-state index in [9.17, 15) is 4.79 Å². The quantitative estimate of drug-likeness (QED) is 0.794. The van der Waals surface area contributed by atoms with E-state index < -0.39 is 0 Å². The third-order valence-electron chi connectivity index (χ3n) is 3.58. The second kappa shape index (κ2) is 5.71. The van der Waals surface area contributed by atoms with E-state index in [1.165, 1.54) is 0 Å². The second-order valence-corrected chi connectivity index (χ2v) is 5.62. The largest absolute Gasteiger partial charge is 0.332 e. The Bertz CT molecular complexity index is 618. The first-order valence-electron chi connectivity index (χ1n) is 6.58. The number of halogens is 1. The van der Waals surface area contributed by atoms with Gasteiger partial charge in [0.1, 0.15) is 4.60 Å².